The summed E-state index contributed by atoms with van der Waals surface area (Å²) >= 11 is 0. The molecule has 2 aromatic rings. The third kappa shape index (κ3) is 4.41. The van der Waals surface area contributed by atoms with Crippen LogP contribution in [0, 0.1) is 6.61 Å². The van der Waals surface area contributed by atoms with Gasteiger partial charge in [0.2, 0.25) is 0 Å². The normalized spacial score (nSPS) is 21.1. The van der Waals surface area contributed by atoms with Crippen LogP contribution in [0.5, 0.6) is 0 Å². The fourth-order valence-corrected chi connectivity index (χ4v) is 2.48. The van der Waals surface area contributed by atoms with Gasteiger partial charge in [0.1, 0.15) is 6.10 Å². The first-order chi connectivity index (χ1) is 10.9. The summed E-state index contributed by atoms with van der Waals surface area (Å²) in [5.74, 6) is 0. The summed E-state index contributed by atoms with van der Waals surface area (Å²) in [5.41, 5.74) is 2.35. The minimum atomic E-state index is -0.0209. The highest BCUT2D eigenvalue weighted by atomic mass is 16.6. The monoisotopic (exact) mass is 297 g/mol. The van der Waals surface area contributed by atoms with E-state index in [1.54, 1.807) is 0 Å². The molecule has 0 unspecified atom stereocenters. The van der Waals surface area contributed by atoms with Crippen LogP contribution in [0.3, 0.4) is 0 Å². The Morgan fingerprint density at radius 3 is 2.18 bits per heavy atom. The zero-order chi connectivity index (χ0) is 15.0. The molecule has 3 rings (SSSR count). The van der Waals surface area contributed by atoms with Crippen LogP contribution in [0.2, 0.25) is 0 Å². The highest BCUT2D eigenvalue weighted by Gasteiger charge is 2.29. The van der Waals surface area contributed by atoms with Crippen molar-refractivity contribution in [2.24, 2.45) is 0 Å². The van der Waals surface area contributed by atoms with E-state index in [1.807, 2.05) is 43.0 Å². The highest BCUT2D eigenvalue weighted by molar-refractivity contribution is 5.14. The first-order valence-electron chi connectivity index (χ1n) is 7.66. The molecule has 2 atom stereocenters. The standard InChI is InChI=1S/C19H21O3/c1-3-7-16(8-4-1)13-20-15-19-18(11-12-21-19)22-14-17-9-5-2-6-10-17/h1-10,12,18-19H,11,13-15H2/t18-,19+/m0/s1. The van der Waals surface area contributed by atoms with E-state index in [1.165, 1.54) is 11.1 Å². The first-order valence-corrected chi connectivity index (χ1v) is 7.66. The summed E-state index contributed by atoms with van der Waals surface area (Å²) in [7, 11) is 0. The van der Waals surface area contributed by atoms with E-state index in [9.17, 15) is 0 Å². The minimum Gasteiger partial charge on any atom is -0.374 e. The molecule has 1 aliphatic heterocycles. The average Bonchev–Trinajstić information content (AvgIpc) is 3.02. The Morgan fingerprint density at radius 2 is 1.50 bits per heavy atom. The van der Waals surface area contributed by atoms with Crippen molar-refractivity contribution in [3.63, 3.8) is 0 Å². The number of ether oxygens (including phenoxy) is 3. The Bertz CT molecular complexity index is 541. The lowest BCUT2D eigenvalue weighted by molar-refractivity contribution is -0.0539. The highest BCUT2D eigenvalue weighted by Crippen LogP contribution is 2.22. The van der Waals surface area contributed by atoms with Crippen molar-refractivity contribution in [2.45, 2.75) is 31.8 Å². The van der Waals surface area contributed by atoms with Crippen molar-refractivity contribution in [3.8, 4) is 0 Å². The van der Waals surface area contributed by atoms with Crippen molar-refractivity contribution in [1.29, 1.82) is 0 Å². The number of rotatable bonds is 7. The molecule has 0 amide bonds. The lowest BCUT2D eigenvalue weighted by atomic mass is 10.2. The van der Waals surface area contributed by atoms with Crippen molar-refractivity contribution in [3.05, 3.63) is 78.4 Å². The molecule has 0 spiro atoms. The molecule has 1 radical (unpaired) electrons. The smallest absolute Gasteiger partial charge is 0.108 e. The summed E-state index contributed by atoms with van der Waals surface area (Å²) in [4.78, 5) is 0. The number of hydrogen-bond donors (Lipinski definition) is 0. The van der Waals surface area contributed by atoms with E-state index in [2.05, 4.69) is 24.3 Å². The molecule has 1 heterocycles. The van der Waals surface area contributed by atoms with Crippen LogP contribution in [0.25, 0.3) is 0 Å². The molecule has 0 bridgehead atoms. The van der Waals surface area contributed by atoms with Crippen LogP contribution >= 0.6 is 0 Å². The molecule has 0 N–H and O–H groups in total. The van der Waals surface area contributed by atoms with Gasteiger partial charge in [0.15, 0.2) is 0 Å². The molecule has 0 saturated carbocycles. The third-order valence-electron chi connectivity index (χ3n) is 3.71. The summed E-state index contributed by atoms with van der Waals surface area (Å²) in [6.07, 6.45) is 0.857. The summed E-state index contributed by atoms with van der Waals surface area (Å²) in [5, 5.41) is 0. The van der Waals surface area contributed by atoms with Gasteiger partial charge in [-0.1, -0.05) is 60.7 Å². The van der Waals surface area contributed by atoms with Gasteiger partial charge < -0.3 is 14.2 Å². The molecule has 0 aromatic heterocycles. The van der Waals surface area contributed by atoms with Crippen LogP contribution in [0.1, 0.15) is 17.5 Å². The largest absolute Gasteiger partial charge is 0.374 e. The van der Waals surface area contributed by atoms with E-state index < -0.39 is 0 Å². The van der Waals surface area contributed by atoms with Gasteiger partial charge in [-0.15, -0.1) is 0 Å². The van der Waals surface area contributed by atoms with Crippen molar-refractivity contribution < 1.29 is 14.2 Å². The topological polar surface area (TPSA) is 27.7 Å². The second-order valence-corrected chi connectivity index (χ2v) is 5.41. The van der Waals surface area contributed by atoms with Gasteiger partial charge in [-0.3, -0.25) is 0 Å². The van der Waals surface area contributed by atoms with Crippen LogP contribution in [-0.4, -0.2) is 18.8 Å². The molecule has 22 heavy (non-hydrogen) atoms. The quantitative estimate of drug-likeness (QED) is 0.779. The van der Waals surface area contributed by atoms with Gasteiger partial charge in [0.25, 0.3) is 0 Å². The Morgan fingerprint density at radius 1 is 0.864 bits per heavy atom. The maximum absolute atomic E-state index is 5.97. The lowest BCUT2D eigenvalue weighted by Crippen LogP contribution is -2.29. The first kappa shape index (κ1) is 15.2. The molecular weight excluding hydrogens is 276 g/mol. The number of benzene rings is 2. The zero-order valence-electron chi connectivity index (χ0n) is 12.6. The molecule has 0 aliphatic carbocycles. The van der Waals surface area contributed by atoms with Gasteiger partial charge in [0, 0.05) is 6.42 Å². The molecular formula is C19H21O3. The maximum atomic E-state index is 5.97. The van der Waals surface area contributed by atoms with E-state index in [0.29, 0.717) is 19.8 Å². The Hall–Kier alpha value is -1.68. The van der Waals surface area contributed by atoms with Crippen molar-refractivity contribution in [1.82, 2.24) is 0 Å². The van der Waals surface area contributed by atoms with Gasteiger partial charge >= 0.3 is 0 Å². The summed E-state index contributed by atoms with van der Waals surface area (Å²) in [6, 6.07) is 20.4. The molecule has 3 heteroatoms. The maximum Gasteiger partial charge on any atom is 0.108 e. The number of hydrogen-bond acceptors (Lipinski definition) is 3. The SMILES string of the molecule is [CH]1C[C@H](OCc2ccccc2)[C@@H](COCc2ccccc2)O1. The van der Waals surface area contributed by atoms with Gasteiger partial charge in [-0.05, 0) is 11.1 Å². The van der Waals surface area contributed by atoms with Crippen LogP contribution in [0.15, 0.2) is 60.7 Å². The van der Waals surface area contributed by atoms with Crippen LogP contribution in [-0.2, 0) is 27.4 Å². The summed E-state index contributed by atoms with van der Waals surface area (Å²) in [6.45, 7) is 3.58. The predicted molar refractivity (Wildman–Crippen MR) is 84.9 cm³/mol. The lowest BCUT2D eigenvalue weighted by Gasteiger charge is -2.19. The Kier molecular flexibility index (Phi) is 5.59. The Labute approximate surface area is 131 Å². The fourth-order valence-electron chi connectivity index (χ4n) is 2.48. The second-order valence-electron chi connectivity index (χ2n) is 5.41. The van der Waals surface area contributed by atoms with Crippen molar-refractivity contribution >= 4 is 0 Å². The molecule has 3 nitrogen and oxygen atoms in total. The zero-order valence-corrected chi connectivity index (χ0v) is 12.6. The van der Waals surface area contributed by atoms with E-state index in [0.717, 1.165) is 6.42 Å². The molecule has 1 fully saturated rings. The van der Waals surface area contributed by atoms with Gasteiger partial charge in [0.05, 0.1) is 32.5 Å². The van der Waals surface area contributed by atoms with Crippen LogP contribution in [0.4, 0.5) is 0 Å². The van der Waals surface area contributed by atoms with E-state index in [-0.39, 0.29) is 12.2 Å². The summed E-state index contributed by atoms with van der Waals surface area (Å²) < 4.78 is 17.3. The molecule has 2 aromatic carbocycles. The molecule has 1 saturated heterocycles. The van der Waals surface area contributed by atoms with Crippen molar-refractivity contribution in [2.75, 3.05) is 6.61 Å². The molecule has 115 valence electrons. The van der Waals surface area contributed by atoms with E-state index in [4.69, 9.17) is 14.2 Å². The third-order valence-corrected chi connectivity index (χ3v) is 3.71. The second kappa shape index (κ2) is 8.08. The van der Waals surface area contributed by atoms with Gasteiger partial charge in [-0.2, -0.15) is 0 Å². The Balaban J connectivity index is 1.42. The predicted octanol–water partition coefficient (Wildman–Crippen LogP) is 3.74. The van der Waals surface area contributed by atoms with Crippen LogP contribution < -0.4 is 0 Å². The van der Waals surface area contributed by atoms with Gasteiger partial charge in [-0.25, -0.2) is 0 Å². The fraction of sp³-hybridized carbons (Fsp3) is 0.316. The average molecular weight is 297 g/mol. The minimum absolute atomic E-state index is 0.0209. The van der Waals surface area contributed by atoms with E-state index >= 15 is 0 Å². The molecule has 1 aliphatic rings.